The number of halogens is 4. The standard InChI is InChI=1S/C11H15BrF3N3O2/c1-3-10(2,20)5-16-7-4-17-18(6-11(13,14)15)9(19)8(7)12/h4,16,20H,3,5-6H2,1-2H3. The highest BCUT2D eigenvalue weighted by Gasteiger charge is 2.29. The van der Waals surface area contributed by atoms with Crippen LogP contribution in [0.3, 0.4) is 0 Å². The zero-order chi connectivity index (χ0) is 15.6. The van der Waals surface area contributed by atoms with Gasteiger partial charge in [-0.1, -0.05) is 6.92 Å². The lowest BCUT2D eigenvalue weighted by Gasteiger charge is -2.22. The maximum atomic E-state index is 12.2. The van der Waals surface area contributed by atoms with E-state index in [0.29, 0.717) is 11.1 Å². The van der Waals surface area contributed by atoms with E-state index in [0.717, 1.165) is 6.20 Å². The first-order valence-electron chi connectivity index (χ1n) is 5.84. The predicted octanol–water partition coefficient (Wildman–Crippen LogP) is 2.14. The van der Waals surface area contributed by atoms with Crippen LogP contribution < -0.4 is 10.9 Å². The second kappa shape index (κ2) is 6.13. The molecule has 0 radical (unpaired) electrons. The molecule has 1 heterocycles. The molecule has 20 heavy (non-hydrogen) atoms. The minimum atomic E-state index is -4.52. The third kappa shape index (κ3) is 4.78. The summed E-state index contributed by atoms with van der Waals surface area (Å²) in [6, 6.07) is 0. The van der Waals surface area contributed by atoms with Crippen LogP contribution in [0.5, 0.6) is 0 Å². The van der Waals surface area contributed by atoms with E-state index in [1.54, 1.807) is 13.8 Å². The van der Waals surface area contributed by atoms with Gasteiger partial charge >= 0.3 is 6.18 Å². The molecule has 0 fully saturated rings. The lowest BCUT2D eigenvalue weighted by molar-refractivity contribution is -0.143. The monoisotopic (exact) mass is 357 g/mol. The first-order valence-corrected chi connectivity index (χ1v) is 6.63. The van der Waals surface area contributed by atoms with Crippen molar-refractivity contribution in [3.05, 3.63) is 21.0 Å². The van der Waals surface area contributed by atoms with Gasteiger partial charge in [-0.15, -0.1) is 0 Å². The molecule has 0 amide bonds. The fourth-order valence-electron chi connectivity index (χ4n) is 1.28. The Morgan fingerprint density at radius 3 is 2.60 bits per heavy atom. The zero-order valence-electron chi connectivity index (χ0n) is 11.0. The van der Waals surface area contributed by atoms with E-state index in [1.165, 1.54) is 0 Å². The summed E-state index contributed by atoms with van der Waals surface area (Å²) >= 11 is 2.94. The van der Waals surface area contributed by atoms with Gasteiger partial charge in [0.15, 0.2) is 0 Å². The van der Waals surface area contributed by atoms with Crippen LogP contribution in [-0.4, -0.2) is 33.2 Å². The molecule has 0 saturated heterocycles. The van der Waals surface area contributed by atoms with Gasteiger partial charge < -0.3 is 10.4 Å². The number of hydrogen-bond acceptors (Lipinski definition) is 4. The van der Waals surface area contributed by atoms with Gasteiger partial charge in [-0.05, 0) is 29.3 Å². The summed E-state index contributed by atoms with van der Waals surface area (Å²) in [4.78, 5) is 11.7. The molecule has 0 bridgehead atoms. The van der Waals surface area contributed by atoms with E-state index in [1.807, 2.05) is 0 Å². The number of aromatic nitrogens is 2. The van der Waals surface area contributed by atoms with Crippen molar-refractivity contribution < 1.29 is 18.3 Å². The predicted molar refractivity (Wildman–Crippen MR) is 71.7 cm³/mol. The molecule has 0 aliphatic rings. The molecule has 114 valence electrons. The molecule has 9 heteroatoms. The van der Waals surface area contributed by atoms with Crippen LogP contribution in [0.15, 0.2) is 15.5 Å². The Balaban J connectivity index is 2.93. The molecule has 0 spiro atoms. The molecule has 1 rings (SSSR count). The second-order valence-electron chi connectivity index (χ2n) is 4.65. The lowest BCUT2D eigenvalue weighted by atomic mass is 10.0. The Bertz CT molecular complexity index is 529. The highest BCUT2D eigenvalue weighted by molar-refractivity contribution is 9.10. The maximum absolute atomic E-state index is 12.2. The van der Waals surface area contributed by atoms with Gasteiger partial charge in [0, 0.05) is 6.54 Å². The zero-order valence-corrected chi connectivity index (χ0v) is 12.5. The smallest absolute Gasteiger partial charge is 0.388 e. The molecule has 1 unspecified atom stereocenters. The van der Waals surface area contributed by atoms with Crippen LogP contribution in [0.25, 0.3) is 0 Å². The van der Waals surface area contributed by atoms with Crippen molar-refractivity contribution >= 4 is 21.6 Å². The summed E-state index contributed by atoms with van der Waals surface area (Å²) < 4.78 is 37.0. The molecule has 5 nitrogen and oxygen atoms in total. The molecular formula is C11H15BrF3N3O2. The van der Waals surface area contributed by atoms with Gasteiger partial charge in [0.05, 0.1) is 17.5 Å². The van der Waals surface area contributed by atoms with Gasteiger partial charge in [-0.2, -0.15) is 18.3 Å². The van der Waals surface area contributed by atoms with Crippen LogP contribution >= 0.6 is 15.9 Å². The highest BCUT2D eigenvalue weighted by Crippen LogP contribution is 2.20. The summed E-state index contributed by atoms with van der Waals surface area (Å²) in [6.07, 6.45) is -2.92. The van der Waals surface area contributed by atoms with E-state index in [4.69, 9.17) is 0 Å². The molecule has 0 aromatic carbocycles. The number of aliphatic hydroxyl groups is 1. The minimum absolute atomic E-state index is 0.0522. The van der Waals surface area contributed by atoms with Crippen LogP contribution in [0.4, 0.5) is 18.9 Å². The average Bonchev–Trinajstić information content (AvgIpc) is 2.33. The summed E-state index contributed by atoms with van der Waals surface area (Å²) in [5, 5.41) is 16.1. The van der Waals surface area contributed by atoms with E-state index in [-0.39, 0.29) is 16.7 Å². The Morgan fingerprint density at radius 1 is 1.50 bits per heavy atom. The number of anilines is 1. The lowest BCUT2D eigenvalue weighted by Crippen LogP contribution is -2.34. The van der Waals surface area contributed by atoms with Crippen LogP contribution in [0.2, 0.25) is 0 Å². The summed E-state index contributed by atoms with van der Waals surface area (Å²) in [6.45, 7) is 2.09. The summed E-state index contributed by atoms with van der Waals surface area (Å²) in [7, 11) is 0. The average molecular weight is 358 g/mol. The topological polar surface area (TPSA) is 67.2 Å². The molecule has 1 aromatic heterocycles. The van der Waals surface area contributed by atoms with Crippen molar-refractivity contribution in [2.24, 2.45) is 0 Å². The molecule has 0 aliphatic carbocycles. The van der Waals surface area contributed by atoms with Crippen LogP contribution in [-0.2, 0) is 6.54 Å². The Labute approximate surface area is 121 Å². The fraction of sp³-hybridized carbons (Fsp3) is 0.636. The van der Waals surface area contributed by atoms with Crippen molar-refractivity contribution in [1.29, 1.82) is 0 Å². The van der Waals surface area contributed by atoms with Crippen molar-refractivity contribution in [2.45, 2.75) is 38.6 Å². The minimum Gasteiger partial charge on any atom is -0.388 e. The maximum Gasteiger partial charge on any atom is 0.408 e. The van der Waals surface area contributed by atoms with E-state index < -0.39 is 23.9 Å². The second-order valence-corrected chi connectivity index (χ2v) is 5.45. The number of nitrogens with one attached hydrogen (secondary N) is 1. The molecule has 0 saturated carbocycles. The Hall–Kier alpha value is -1.09. The van der Waals surface area contributed by atoms with Gasteiger partial charge in [0.1, 0.15) is 11.0 Å². The molecule has 0 aliphatic heterocycles. The number of hydrogen-bond donors (Lipinski definition) is 2. The highest BCUT2D eigenvalue weighted by atomic mass is 79.9. The van der Waals surface area contributed by atoms with Crippen molar-refractivity contribution in [3.63, 3.8) is 0 Å². The largest absolute Gasteiger partial charge is 0.408 e. The normalized spacial score (nSPS) is 14.9. The first kappa shape index (κ1) is 17.0. The van der Waals surface area contributed by atoms with Crippen LogP contribution in [0.1, 0.15) is 20.3 Å². The fourth-order valence-corrected chi connectivity index (χ4v) is 1.73. The Kier molecular flexibility index (Phi) is 5.20. The third-order valence-corrected chi connectivity index (χ3v) is 3.50. The first-order chi connectivity index (χ1) is 9.06. The van der Waals surface area contributed by atoms with E-state index in [2.05, 4.69) is 26.3 Å². The SMILES string of the molecule is CCC(C)(O)CNc1cnn(CC(F)(F)F)c(=O)c1Br. The van der Waals surface area contributed by atoms with E-state index >= 15 is 0 Å². The molecule has 1 aromatic rings. The van der Waals surface area contributed by atoms with E-state index in [9.17, 15) is 23.1 Å². The van der Waals surface area contributed by atoms with Gasteiger partial charge in [0.25, 0.3) is 5.56 Å². The van der Waals surface area contributed by atoms with Crippen molar-refractivity contribution in [2.75, 3.05) is 11.9 Å². The quantitative estimate of drug-likeness (QED) is 0.847. The third-order valence-electron chi connectivity index (χ3n) is 2.74. The number of alkyl halides is 3. The van der Waals surface area contributed by atoms with Gasteiger partial charge in [-0.3, -0.25) is 4.79 Å². The van der Waals surface area contributed by atoms with Gasteiger partial charge in [0.2, 0.25) is 0 Å². The Morgan fingerprint density at radius 2 is 2.10 bits per heavy atom. The summed E-state index contributed by atoms with van der Waals surface area (Å²) in [5.74, 6) is 0. The molecule has 2 N–H and O–H groups in total. The molecular weight excluding hydrogens is 343 g/mol. The summed E-state index contributed by atoms with van der Waals surface area (Å²) in [5.41, 5.74) is -1.63. The number of nitrogens with zero attached hydrogens (tertiary/aromatic N) is 2. The number of rotatable bonds is 5. The molecule has 1 atom stereocenters. The van der Waals surface area contributed by atoms with Crippen molar-refractivity contribution in [3.8, 4) is 0 Å². The van der Waals surface area contributed by atoms with Crippen molar-refractivity contribution in [1.82, 2.24) is 9.78 Å². The van der Waals surface area contributed by atoms with Gasteiger partial charge in [-0.25, -0.2) is 4.68 Å². The van der Waals surface area contributed by atoms with Crippen LogP contribution in [0, 0.1) is 0 Å².